The van der Waals surface area contributed by atoms with E-state index in [0.29, 0.717) is 5.02 Å². The first-order valence-electron chi connectivity index (χ1n) is 5.20. The fourth-order valence-electron chi connectivity index (χ4n) is 1.53. The van der Waals surface area contributed by atoms with Gasteiger partial charge in [0.25, 0.3) is 0 Å². The quantitative estimate of drug-likeness (QED) is 0.909. The zero-order valence-corrected chi connectivity index (χ0v) is 10.5. The second-order valence-electron chi connectivity index (χ2n) is 4.02. The number of rotatable bonds is 4. The summed E-state index contributed by atoms with van der Waals surface area (Å²) in [6, 6.07) is 7.33. The van der Waals surface area contributed by atoms with Gasteiger partial charge in [0, 0.05) is 5.02 Å². The first-order valence-corrected chi connectivity index (χ1v) is 7.06. The summed E-state index contributed by atoms with van der Waals surface area (Å²) in [5.74, 6) is 0.147. The molecule has 0 radical (unpaired) electrons. The topological polar surface area (TPSA) is 70.0 Å². The van der Waals surface area contributed by atoms with E-state index in [-0.39, 0.29) is 10.8 Å². The second kappa shape index (κ2) is 4.65. The molecule has 0 spiro atoms. The Hall–Kier alpha value is -1.09. The van der Waals surface area contributed by atoms with Crippen molar-refractivity contribution in [3.63, 3.8) is 0 Å². The number of benzene rings is 1. The molecule has 1 N–H and O–H groups in total. The summed E-state index contributed by atoms with van der Waals surface area (Å²) in [5, 5.41) is 9.25. The molecule has 1 aliphatic rings. The molecule has 1 fully saturated rings. The van der Waals surface area contributed by atoms with Crippen molar-refractivity contribution in [2.24, 2.45) is 5.92 Å². The van der Waals surface area contributed by atoms with Gasteiger partial charge in [-0.3, -0.25) is 0 Å². The first-order chi connectivity index (χ1) is 8.03. The maximum Gasteiger partial charge on any atom is 0.241 e. The molecule has 1 saturated carbocycles. The molecule has 0 heterocycles. The molecule has 1 unspecified atom stereocenters. The third-order valence-corrected chi connectivity index (χ3v) is 4.29. The molecule has 1 aromatic carbocycles. The van der Waals surface area contributed by atoms with Gasteiger partial charge < -0.3 is 0 Å². The Kier molecular flexibility index (Phi) is 3.38. The van der Waals surface area contributed by atoms with E-state index in [4.69, 9.17) is 16.9 Å². The number of nitriles is 1. The van der Waals surface area contributed by atoms with Gasteiger partial charge in [0.2, 0.25) is 10.0 Å². The Labute approximate surface area is 105 Å². The zero-order valence-electron chi connectivity index (χ0n) is 8.93. The highest BCUT2D eigenvalue weighted by atomic mass is 35.5. The van der Waals surface area contributed by atoms with Crippen LogP contribution in [0.4, 0.5) is 0 Å². The molecule has 4 nitrogen and oxygen atoms in total. The molecule has 90 valence electrons. The van der Waals surface area contributed by atoms with E-state index in [9.17, 15) is 8.42 Å². The maximum atomic E-state index is 12.0. The molecule has 2 rings (SSSR count). The summed E-state index contributed by atoms with van der Waals surface area (Å²) in [6.07, 6.45) is 1.80. The fourth-order valence-corrected chi connectivity index (χ4v) is 3.04. The van der Waals surface area contributed by atoms with E-state index in [0.717, 1.165) is 12.8 Å². The largest absolute Gasteiger partial charge is 0.241 e. The maximum absolute atomic E-state index is 12.0. The van der Waals surface area contributed by atoms with Crippen molar-refractivity contribution in [3.05, 3.63) is 29.3 Å². The van der Waals surface area contributed by atoms with Crippen LogP contribution in [0.2, 0.25) is 5.02 Å². The highest BCUT2D eigenvalue weighted by molar-refractivity contribution is 7.89. The van der Waals surface area contributed by atoms with Crippen molar-refractivity contribution in [3.8, 4) is 6.07 Å². The molecular weight excluding hydrogens is 260 g/mol. The van der Waals surface area contributed by atoms with Crippen molar-refractivity contribution in [1.29, 1.82) is 5.26 Å². The predicted octanol–water partition coefficient (Wildman–Crippen LogP) is 1.92. The van der Waals surface area contributed by atoms with Crippen molar-refractivity contribution in [2.75, 3.05) is 0 Å². The van der Waals surface area contributed by atoms with Crippen LogP contribution in [0, 0.1) is 17.2 Å². The molecule has 1 aromatic rings. The van der Waals surface area contributed by atoms with Crippen LogP contribution in [0.15, 0.2) is 29.2 Å². The highest BCUT2D eigenvalue weighted by Crippen LogP contribution is 2.33. The molecule has 1 aliphatic carbocycles. The normalized spacial score (nSPS) is 17.4. The lowest BCUT2D eigenvalue weighted by atomic mass is 10.2. The van der Waals surface area contributed by atoms with Gasteiger partial charge >= 0.3 is 0 Å². The van der Waals surface area contributed by atoms with E-state index < -0.39 is 16.1 Å². The summed E-state index contributed by atoms with van der Waals surface area (Å²) in [4.78, 5) is 0.0888. The summed E-state index contributed by atoms with van der Waals surface area (Å²) in [5.41, 5.74) is 0. The van der Waals surface area contributed by atoms with Gasteiger partial charge in [0.1, 0.15) is 6.04 Å². The van der Waals surface area contributed by atoms with E-state index in [1.807, 2.05) is 6.07 Å². The van der Waals surface area contributed by atoms with Crippen LogP contribution in [0.3, 0.4) is 0 Å². The van der Waals surface area contributed by atoms with E-state index >= 15 is 0 Å². The molecular formula is C11H11ClN2O2S. The average molecular weight is 271 g/mol. The van der Waals surface area contributed by atoms with Crippen molar-refractivity contribution in [1.82, 2.24) is 4.72 Å². The monoisotopic (exact) mass is 270 g/mol. The third-order valence-electron chi connectivity index (χ3n) is 2.62. The van der Waals surface area contributed by atoms with E-state index in [1.54, 1.807) is 12.1 Å². The molecule has 0 bridgehead atoms. The van der Waals surface area contributed by atoms with Crippen LogP contribution in [0.1, 0.15) is 12.8 Å². The molecule has 0 aromatic heterocycles. The van der Waals surface area contributed by atoms with Crippen molar-refractivity contribution >= 4 is 21.6 Å². The van der Waals surface area contributed by atoms with Crippen LogP contribution in [-0.2, 0) is 10.0 Å². The number of halogens is 1. The molecule has 0 saturated heterocycles. The number of hydrogen-bond acceptors (Lipinski definition) is 3. The fraction of sp³-hybridized carbons (Fsp3) is 0.364. The lowest BCUT2D eigenvalue weighted by molar-refractivity contribution is 0.560. The Morgan fingerprint density at radius 2 is 2.18 bits per heavy atom. The minimum atomic E-state index is -3.66. The lowest BCUT2D eigenvalue weighted by Crippen LogP contribution is -2.35. The Bertz CT molecular complexity index is 561. The van der Waals surface area contributed by atoms with Gasteiger partial charge in [-0.2, -0.15) is 9.98 Å². The third kappa shape index (κ3) is 2.97. The van der Waals surface area contributed by atoms with Crippen molar-refractivity contribution in [2.45, 2.75) is 23.8 Å². The molecule has 0 amide bonds. The van der Waals surface area contributed by atoms with Crippen LogP contribution in [0.25, 0.3) is 0 Å². The second-order valence-corrected chi connectivity index (χ2v) is 6.17. The van der Waals surface area contributed by atoms with Gasteiger partial charge in [-0.1, -0.05) is 17.7 Å². The van der Waals surface area contributed by atoms with Crippen LogP contribution in [-0.4, -0.2) is 14.5 Å². The van der Waals surface area contributed by atoms with Crippen LogP contribution in [0.5, 0.6) is 0 Å². The number of nitrogens with zero attached hydrogens (tertiary/aromatic N) is 1. The predicted molar refractivity (Wildman–Crippen MR) is 63.9 cm³/mol. The van der Waals surface area contributed by atoms with Gasteiger partial charge in [0.05, 0.1) is 11.0 Å². The van der Waals surface area contributed by atoms with E-state index in [2.05, 4.69) is 4.72 Å². The summed E-state index contributed by atoms with van der Waals surface area (Å²) in [7, 11) is -3.66. The summed E-state index contributed by atoms with van der Waals surface area (Å²) >= 11 is 5.74. The van der Waals surface area contributed by atoms with Gasteiger partial charge in [-0.05, 0) is 37.0 Å². The van der Waals surface area contributed by atoms with Gasteiger partial charge in [-0.25, -0.2) is 8.42 Å². The molecule has 1 atom stereocenters. The minimum absolute atomic E-state index is 0.0888. The molecule has 0 aliphatic heterocycles. The van der Waals surface area contributed by atoms with Crippen LogP contribution < -0.4 is 4.72 Å². The Balaban J connectivity index is 2.21. The summed E-state index contributed by atoms with van der Waals surface area (Å²) < 4.78 is 26.3. The minimum Gasteiger partial charge on any atom is -0.207 e. The molecule has 6 heteroatoms. The SMILES string of the molecule is N#CC(NS(=O)(=O)c1cccc(Cl)c1)C1CC1. The Morgan fingerprint density at radius 1 is 1.47 bits per heavy atom. The number of hydrogen-bond donors (Lipinski definition) is 1. The van der Waals surface area contributed by atoms with Gasteiger partial charge in [0.15, 0.2) is 0 Å². The van der Waals surface area contributed by atoms with Crippen molar-refractivity contribution < 1.29 is 8.42 Å². The zero-order chi connectivity index (χ0) is 12.5. The summed E-state index contributed by atoms with van der Waals surface area (Å²) in [6.45, 7) is 0. The smallest absolute Gasteiger partial charge is 0.207 e. The lowest BCUT2D eigenvalue weighted by Gasteiger charge is -2.11. The van der Waals surface area contributed by atoms with E-state index in [1.165, 1.54) is 12.1 Å². The highest BCUT2D eigenvalue weighted by Gasteiger charge is 2.34. The number of sulfonamides is 1. The standard InChI is InChI=1S/C11H11ClN2O2S/c12-9-2-1-3-10(6-9)17(15,16)14-11(7-13)8-4-5-8/h1-3,6,8,11,14H,4-5H2. The van der Waals surface area contributed by atoms with Crippen LogP contribution >= 0.6 is 11.6 Å². The average Bonchev–Trinajstić information content (AvgIpc) is 3.10. The first kappa shape index (κ1) is 12.4. The Morgan fingerprint density at radius 3 is 2.71 bits per heavy atom. The van der Waals surface area contributed by atoms with Gasteiger partial charge in [-0.15, -0.1) is 0 Å². The number of nitrogens with one attached hydrogen (secondary N) is 1. The molecule has 17 heavy (non-hydrogen) atoms.